The van der Waals surface area contributed by atoms with E-state index in [9.17, 15) is 24.3 Å². The lowest BCUT2D eigenvalue weighted by Crippen LogP contribution is -2.61. The Morgan fingerprint density at radius 1 is 1.26 bits per heavy atom. The van der Waals surface area contributed by atoms with Crippen molar-refractivity contribution in [2.75, 3.05) is 19.7 Å². The molecular weight excluding hydrogens is 618 g/mol. The van der Waals surface area contributed by atoms with E-state index in [1.807, 2.05) is 20.8 Å². The first-order chi connectivity index (χ1) is 20.4. The number of ether oxygens (including phenoxy) is 2. The predicted molar refractivity (Wildman–Crippen MR) is 167 cm³/mol. The number of aliphatic hydroxyl groups excluding tert-OH is 1. The molecule has 242 valence electrons. The molecule has 0 radical (unpaired) electrons. The Labute approximate surface area is 264 Å². The molecule has 11 heteroatoms. The number of carbonyl (C=O) groups excluding carboxylic acids is 4. The van der Waals surface area contributed by atoms with Gasteiger partial charge < -0.3 is 29.7 Å². The van der Waals surface area contributed by atoms with Gasteiger partial charge in [0.15, 0.2) is 0 Å². The molecule has 1 spiro atoms. The van der Waals surface area contributed by atoms with E-state index in [4.69, 9.17) is 9.47 Å². The monoisotopic (exact) mass is 667 g/mol. The average molecular weight is 669 g/mol. The molecule has 10 nitrogen and oxygen atoms in total. The SMILES string of the molecule is C=CCCC(=O)NC[C@@H](C)OC(=O)[C@H]1[C@@H]2O[C@@]3(CC2Br)[C@@H]1C(=O)N([C@@H](CO)[C@@H](C)CC)[C@@H]3C(=O)N(CC=C)C(C)CCC. The Morgan fingerprint density at radius 2 is 1.95 bits per heavy atom. The fourth-order valence-electron chi connectivity index (χ4n) is 7.04. The number of amides is 3. The molecule has 3 rings (SSSR count). The summed E-state index contributed by atoms with van der Waals surface area (Å²) in [5.74, 6) is -3.38. The maximum absolute atomic E-state index is 14.6. The van der Waals surface area contributed by atoms with Crippen LogP contribution in [0, 0.1) is 17.8 Å². The summed E-state index contributed by atoms with van der Waals surface area (Å²) in [6.45, 7) is 17.2. The van der Waals surface area contributed by atoms with Crippen LogP contribution >= 0.6 is 15.9 Å². The lowest BCUT2D eigenvalue weighted by Gasteiger charge is -2.42. The number of nitrogens with zero attached hydrogens (tertiary/aromatic N) is 2. The molecule has 43 heavy (non-hydrogen) atoms. The molecule has 3 heterocycles. The second-order valence-corrected chi connectivity index (χ2v) is 13.5. The molecule has 3 aliphatic heterocycles. The zero-order valence-corrected chi connectivity index (χ0v) is 27.9. The average Bonchev–Trinajstić information content (AvgIpc) is 3.57. The number of rotatable bonds is 17. The Morgan fingerprint density at radius 3 is 2.53 bits per heavy atom. The number of halogens is 1. The third-order valence-corrected chi connectivity index (χ3v) is 10.3. The summed E-state index contributed by atoms with van der Waals surface area (Å²) in [7, 11) is 0. The van der Waals surface area contributed by atoms with Gasteiger partial charge in [-0.2, -0.15) is 0 Å². The Balaban J connectivity index is 1.99. The number of fused-ring (bicyclic) bond motifs is 1. The highest BCUT2D eigenvalue weighted by atomic mass is 79.9. The van der Waals surface area contributed by atoms with Crippen molar-refractivity contribution in [3.8, 4) is 0 Å². The van der Waals surface area contributed by atoms with Crippen molar-refractivity contribution >= 4 is 39.6 Å². The van der Waals surface area contributed by atoms with Crippen LogP contribution in [0.25, 0.3) is 0 Å². The summed E-state index contributed by atoms with van der Waals surface area (Å²) < 4.78 is 12.4. The Kier molecular flexibility index (Phi) is 12.4. The van der Waals surface area contributed by atoms with Gasteiger partial charge in [0.25, 0.3) is 0 Å². The molecule has 10 atom stereocenters. The van der Waals surface area contributed by atoms with Crippen LogP contribution in [0.2, 0.25) is 0 Å². The van der Waals surface area contributed by atoms with Gasteiger partial charge >= 0.3 is 5.97 Å². The van der Waals surface area contributed by atoms with Gasteiger partial charge in [-0.1, -0.05) is 61.7 Å². The predicted octanol–water partition coefficient (Wildman–Crippen LogP) is 3.36. The third-order valence-electron chi connectivity index (χ3n) is 9.41. The lowest BCUT2D eigenvalue weighted by atomic mass is 9.70. The number of carbonyl (C=O) groups is 4. The summed E-state index contributed by atoms with van der Waals surface area (Å²) in [6.07, 6.45) is 5.56. The molecule has 3 fully saturated rings. The second kappa shape index (κ2) is 15.2. The summed E-state index contributed by atoms with van der Waals surface area (Å²) in [5, 5.41) is 13.3. The van der Waals surface area contributed by atoms with Crippen molar-refractivity contribution in [3.05, 3.63) is 25.3 Å². The fourth-order valence-corrected chi connectivity index (χ4v) is 7.98. The first kappa shape index (κ1) is 35.2. The van der Waals surface area contributed by atoms with Crippen molar-refractivity contribution in [2.45, 2.75) is 114 Å². The zero-order chi connectivity index (χ0) is 32.1. The Hall–Kier alpha value is -2.24. The van der Waals surface area contributed by atoms with Crippen LogP contribution in [0.1, 0.15) is 73.1 Å². The maximum atomic E-state index is 14.6. The standard InChI is InChI=1S/C32H50BrN3O7/c1-8-12-14-24(38)34-17-21(7)42-31(41)25-26-29(39)36(23(18-37)19(5)11-4)28(32(26)16-22(33)27(25)43-32)30(40)35(15-10-3)20(6)13-9-2/h8,10,19-23,25-28,37H,1,3,9,11-18H2,2,4-7H3,(H,34,38)/t19-,20?,21+,22?,23-,25+,26-,27+,28+,32-/m0/s1. The molecule has 0 aromatic carbocycles. The first-order valence-electron chi connectivity index (χ1n) is 15.7. The normalized spacial score (nSPS) is 30.3. The molecular formula is C32H50BrN3O7. The van der Waals surface area contributed by atoms with E-state index < -0.39 is 47.7 Å². The van der Waals surface area contributed by atoms with Gasteiger partial charge in [-0.3, -0.25) is 19.2 Å². The number of allylic oxidation sites excluding steroid dienone is 1. The molecule has 3 saturated heterocycles. The molecule has 3 amide bonds. The summed E-state index contributed by atoms with van der Waals surface area (Å²) in [6, 6.07) is -1.75. The van der Waals surface area contributed by atoms with Gasteiger partial charge in [0.05, 0.1) is 37.1 Å². The molecule has 2 bridgehead atoms. The van der Waals surface area contributed by atoms with Crippen LogP contribution in [-0.4, -0.2) is 99.1 Å². The number of esters is 1. The summed E-state index contributed by atoms with van der Waals surface area (Å²) >= 11 is 3.69. The number of aliphatic hydroxyl groups is 1. The van der Waals surface area contributed by atoms with Crippen molar-refractivity contribution in [2.24, 2.45) is 17.8 Å². The number of hydrogen-bond acceptors (Lipinski definition) is 7. The van der Waals surface area contributed by atoms with E-state index in [-0.39, 0.29) is 47.7 Å². The van der Waals surface area contributed by atoms with E-state index in [2.05, 4.69) is 41.3 Å². The number of nitrogens with one attached hydrogen (secondary N) is 1. The van der Waals surface area contributed by atoms with E-state index in [0.29, 0.717) is 32.2 Å². The minimum absolute atomic E-state index is 0.104. The van der Waals surface area contributed by atoms with Crippen molar-refractivity contribution in [1.29, 1.82) is 0 Å². The minimum atomic E-state index is -1.26. The molecule has 0 aliphatic carbocycles. The highest BCUT2D eigenvalue weighted by Crippen LogP contribution is 2.61. The smallest absolute Gasteiger partial charge is 0.312 e. The van der Waals surface area contributed by atoms with Gasteiger partial charge in [0.1, 0.15) is 17.7 Å². The van der Waals surface area contributed by atoms with Crippen LogP contribution in [0.15, 0.2) is 25.3 Å². The second-order valence-electron chi connectivity index (χ2n) is 12.3. The van der Waals surface area contributed by atoms with E-state index >= 15 is 0 Å². The van der Waals surface area contributed by atoms with Gasteiger partial charge in [0.2, 0.25) is 17.7 Å². The van der Waals surface area contributed by atoms with Crippen LogP contribution in [-0.2, 0) is 28.7 Å². The van der Waals surface area contributed by atoms with Crippen LogP contribution in [0.4, 0.5) is 0 Å². The third kappa shape index (κ3) is 6.88. The largest absolute Gasteiger partial charge is 0.460 e. The van der Waals surface area contributed by atoms with Crippen LogP contribution in [0.5, 0.6) is 0 Å². The van der Waals surface area contributed by atoms with Gasteiger partial charge in [0, 0.05) is 23.8 Å². The summed E-state index contributed by atoms with van der Waals surface area (Å²) in [4.78, 5) is 57.8. The minimum Gasteiger partial charge on any atom is -0.460 e. The highest BCUT2D eigenvalue weighted by molar-refractivity contribution is 9.09. The number of alkyl halides is 1. The number of hydrogen-bond donors (Lipinski definition) is 2. The quantitative estimate of drug-likeness (QED) is 0.138. The topological polar surface area (TPSA) is 125 Å². The molecule has 0 aromatic rings. The highest BCUT2D eigenvalue weighted by Gasteiger charge is 2.77. The van der Waals surface area contributed by atoms with Gasteiger partial charge in [-0.05, 0) is 39.0 Å². The molecule has 0 saturated carbocycles. The van der Waals surface area contributed by atoms with Crippen LogP contribution in [0.3, 0.4) is 0 Å². The van der Waals surface area contributed by atoms with E-state index in [1.54, 1.807) is 24.0 Å². The maximum Gasteiger partial charge on any atom is 0.312 e. The van der Waals surface area contributed by atoms with Crippen LogP contribution < -0.4 is 5.32 Å². The van der Waals surface area contributed by atoms with Crippen molar-refractivity contribution in [1.82, 2.24) is 15.1 Å². The van der Waals surface area contributed by atoms with Gasteiger partial charge in [-0.25, -0.2) is 0 Å². The fraction of sp³-hybridized carbons (Fsp3) is 0.750. The lowest BCUT2D eigenvalue weighted by molar-refractivity contribution is -0.160. The zero-order valence-electron chi connectivity index (χ0n) is 26.3. The summed E-state index contributed by atoms with van der Waals surface area (Å²) in [5.41, 5.74) is -1.26. The van der Waals surface area contributed by atoms with Crippen molar-refractivity contribution < 1.29 is 33.8 Å². The first-order valence-corrected chi connectivity index (χ1v) is 16.6. The van der Waals surface area contributed by atoms with Crippen molar-refractivity contribution in [3.63, 3.8) is 0 Å². The Bertz CT molecular complexity index is 1060. The van der Waals surface area contributed by atoms with Gasteiger partial charge in [-0.15, -0.1) is 13.2 Å². The van der Waals surface area contributed by atoms with E-state index in [0.717, 1.165) is 12.8 Å². The number of likely N-dealkylation sites (tertiary alicyclic amines) is 1. The molecule has 0 aromatic heterocycles. The van der Waals surface area contributed by atoms with E-state index in [1.165, 1.54) is 4.90 Å². The molecule has 3 aliphatic rings. The molecule has 2 unspecified atom stereocenters. The molecule has 2 N–H and O–H groups in total.